The molecule has 1 atom stereocenters. The van der Waals surface area contributed by atoms with Gasteiger partial charge in [0.1, 0.15) is 0 Å². The van der Waals surface area contributed by atoms with Gasteiger partial charge in [-0.15, -0.1) is 0 Å². The molecule has 1 aromatic rings. The molecule has 16 heavy (non-hydrogen) atoms. The van der Waals surface area contributed by atoms with Gasteiger partial charge in [-0.05, 0) is 23.6 Å². The number of rotatable bonds is 1. The predicted octanol–water partition coefficient (Wildman–Crippen LogP) is 2.27. The SMILES string of the molecule is CN1CCc2cc([C@H](O)C(F)(F)F)ccc21. The van der Waals surface area contributed by atoms with Gasteiger partial charge >= 0.3 is 6.18 Å². The first-order valence-corrected chi connectivity index (χ1v) is 4.98. The van der Waals surface area contributed by atoms with Crippen molar-refractivity contribution in [1.82, 2.24) is 0 Å². The zero-order chi connectivity index (χ0) is 11.9. The van der Waals surface area contributed by atoms with E-state index in [4.69, 9.17) is 5.11 Å². The molecule has 1 heterocycles. The van der Waals surface area contributed by atoms with Crippen molar-refractivity contribution in [2.75, 3.05) is 18.5 Å². The Kier molecular flexibility index (Phi) is 2.58. The molecule has 2 rings (SSSR count). The van der Waals surface area contributed by atoms with Gasteiger partial charge in [-0.1, -0.05) is 12.1 Å². The lowest BCUT2D eigenvalue weighted by atomic mass is 10.0. The Hall–Kier alpha value is -1.23. The van der Waals surface area contributed by atoms with E-state index in [0.29, 0.717) is 0 Å². The number of aliphatic hydroxyl groups is 1. The van der Waals surface area contributed by atoms with E-state index in [1.807, 2.05) is 11.9 Å². The molecule has 1 aliphatic heterocycles. The normalized spacial score (nSPS) is 17.4. The topological polar surface area (TPSA) is 23.5 Å². The molecule has 0 radical (unpaired) electrons. The van der Waals surface area contributed by atoms with Gasteiger partial charge in [0.15, 0.2) is 6.10 Å². The maximum absolute atomic E-state index is 12.3. The summed E-state index contributed by atoms with van der Waals surface area (Å²) < 4.78 is 36.9. The van der Waals surface area contributed by atoms with Crippen molar-refractivity contribution < 1.29 is 18.3 Å². The molecule has 0 unspecified atom stereocenters. The number of hydrogen-bond acceptors (Lipinski definition) is 2. The molecule has 5 heteroatoms. The molecule has 1 aliphatic rings. The molecule has 0 aromatic heterocycles. The van der Waals surface area contributed by atoms with Crippen molar-refractivity contribution in [3.8, 4) is 0 Å². The molecule has 0 spiro atoms. The number of alkyl halides is 3. The Bertz CT molecular complexity index is 403. The zero-order valence-corrected chi connectivity index (χ0v) is 8.75. The molecule has 88 valence electrons. The number of benzene rings is 1. The summed E-state index contributed by atoms with van der Waals surface area (Å²) >= 11 is 0. The lowest BCUT2D eigenvalue weighted by Gasteiger charge is -2.17. The number of likely N-dealkylation sites (N-methyl/N-ethyl adjacent to an activating group) is 1. The van der Waals surface area contributed by atoms with Gasteiger partial charge in [0, 0.05) is 19.3 Å². The Morgan fingerprint density at radius 3 is 2.69 bits per heavy atom. The maximum atomic E-state index is 12.3. The summed E-state index contributed by atoms with van der Waals surface area (Å²) in [5.41, 5.74) is 1.72. The highest BCUT2D eigenvalue weighted by atomic mass is 19.4. The Balaban J connectivity index is 2.32. The van der Waals surface area contributed by atoms with Crippen molar-refractivity contribution in [2.45, 2.75) is 18.7 Å². The van der Waals surface area contributed by atoms with E-state index < -0.39 is 12.3 Å². The third-order valence-corrected chi connectivity index (χ3v) is 2.86. The number of anilines is 1. The van der Waals surface area contributed by atoms with Crippen LogP contribution in [0, 0.1) is 0 Å². The first-order valence-electron chi connectivity index (χ1n) is 4.98. The number of hydrogen-bond donors (Lipinski definition) is 1. The number of fused-ring (bicyclic) bond motifs is 1. The van der Waals surface area contributed by atoms with Crippen LogP contribution in [-0.2, 0) is 6.42 Å². The van der Waals surface area contributed by atoms with Gasteiger partial charge in [-0.3, -0.25) is 0 Å². The summed E-state index contributed by atoms with van der Waals surface area (Å²) in [7, 11) is 1.89. The highest BCUT2D eigenvalue weighted by molar-refractivity contribution is 5.58. The lowest BCUT2D eigenvalue weighted by molar-refractivity contribution is -0.206. The van der Waals surface area contributed by atoms with Gasteiger partial charge in [0.05, 0.1) is 0 Å². The summed E-state index contributed by atoms with van der Waals surface area (Å²) in [6.07, 6.45) is -6.26. The van der Waals surface area contributed by atoms with Crippen LogP contribution in [0.2, 0.25) is 0 Å². The highest BCUT2D eigenvalue weighted by Crippen LogP contribution is 2.35. The molecule has 0 aliphatic carbocycles. The quantitative estimate of drug-likeness (QED) is 0.801. The molecule has 0 saturated heterocycles. The number of nitrogens with zero attached hydrogens (tertiary/aromatic N) is 1. The molecule has 0 fully saturated rings. The molecular weight excluding hydrogens is 219 g/mol. The number of halogens is 3. The Morgan fingerprint density at radius 1 is 1.38 bits per heavy atom. The van der Waals surface area contributed by atoms with E-state index >= 15 is 0 Å². The number of aliphatic hydroxyl groups excluding tert-OH is 1. The van der Waals surface area contributed by atoms with Gasteiger partial charge in [-0.25, -0.2) is 0 Å². The molecule has 0 saturated carbocycles. The monoisotopic (exact) mass is 231 g/mol. The minimum Gasteiger partial charge on any atom is -0.379 e. The Morgan fingerprint density at radius 2 is 2.06 bits per heavy atom. The second kappa shape index (κ2) is 3.66. The summed E-state index contributed by atoms with van der Waals surface area (Å²) in [6.45, 7) is 0.806. The van der Waals surface area contributed by atoms with E-state index in [1.54, 1.807) is 6.07 Å². The van der Waals surface area contributed by atoms with Crippen LogP contribution in [0.4, 0.5) is 18.9 Å². The van der Waals surface area contributed by atoms with Gasteiger partial charge in [0.25, 0.3) is 0 Å². The van der Waals surface area contributed by atoms with Crippen molar-refractivity contribution >= 4 is 5.69 Å². The van der Waals surface area contributed by atoms with Crippen molar-refractivity contribution in [2.24, 2.45) is 0 Å². The second-order valence-electron chi connectivity index (χ2n) is 4.00. The fraction of sp³-hybridized carbons (Fsp3) is 0.455. The summed E-state index contributed by atoms with van der Waals surface area (Å²) in [5.74, 6) is 0. The summed E-state index contributed by atoms with van der Waals surface area (Å²) in [6, 6.07) is 4.41. The second-order valence-corrected chi connectivity index (χ2v) is 4.00. The van der Waals surface area contributed by atoms with E-state index in [2.05, 4.69) is 0 Å². The van der Waals surface area contributed by atoms with Gasteiger partial charge in [0.2, 0.25) is 0 Å². The molecular formula is C11H12F3NO. The van der Waals surface area contributed by atoms with Crippen LogP contribution >= 0.6 is 0 Å². The Labute approximate surface area is 91.3 Å². The summed E-state index contributed by atoms with van der Waals surface area (Å²) in [4.78, 5) is 1.99. The van der Waals surface area contributed by atoms with Crippen LogP contribution in [-0.4, -0.2) is 24.9 Å². The van der Waals surface area contributed by atoms with E-state index in [-0.39, 0.29) is 5.56 Å². The van der Waals surface area contributed by atoms with Crippen LogP contribution in [0.25, 0.3) is 0 Å². The predicted molar refractivity (Wildman–Crippen MR) is 54.4 cm³/mol. The molecule has 0 bridgehead atoms. The lowest BCUT2D eigenvalue weighted by Crippen LogP contribution is -2.20. The van der Waals surface area contributed by atoms with Crippen molar-refractivity contribution in [3.63, 3.8) is 0 Å². The van der Waals surface area contributed by atoms with Crippen molar-refractivity contribution in [1.29, 1.82) is 0 Å². The third kappa shape index (κ3) is 1.87. The third-order valence-electron chi connectivity index (χ3n) is 2.86. The maximum Gasteiger partial charge on any atom is 0.418 e. The minimum atomic E-state index is -4.60. The van der Waals surface area contributed by atoms with Gasteiger partial charge < -0.3 is 10.0 Å². The molecule has 1 N–H and O–H groups in total. The molecule has 1 aromatic carbocycles. The van der Waals surface area contributed by atoms with Gasteiger partial charge in [-0.2, -0.15) is 13.2 Å². The van der Waals surface area contributed by atoms with Crippen molar-refractivity contribution in [3.05, 3.63) is 29.3 Å². The zero-order valence-electron chi connectivity index (χ0n) is 8.75. The van der Waals surface area contributed by atoms with E-state index in [9.17, 15) is 13.2 Å². The smallest absolute Gasteiger partial charge is 0.379 e. The average molecular weight is 231 g/mol. The molecule has 2 nitrogen and oxygen atoms in total. The first kappa shape index (κ1) is 11.3. The van der Waals surface area contributed by atoms with E-state index in [0.717, 1.165) is 24.2 Å². The fourth-order valence-electron chi connectivity index (χ4n) is 1.95. The van der Waals surface area contributed by atoms with Crippen LogP contribution in [0.5, 0.6) is 0 Å². The highest BCUT2D eigenvalue weighted by Gasteiger charge is 2.39. The van der Waals surface area contributed by atoms with Crippen LogP contribution in [0.3, 0.4) is 0 Å². The van der Waals surface area contributed by atoms with E-state index in [1.165, 1.54) is 12.1 Å². The standard InChI is InChI=1S/C11H12F3NO/c1-15-5-4-7-6-8(2-3-9(7)15)10(16)11(12,13)14/h2-3,6,10,16H,4-5H2,1H3/t10-/m0/s1. The average Bonchev–Trinajstić information content (AvgIpc) is 2.57. The minimum absolute atomic E-state index is 0.0819. The van der Waals surface area contributed by atoms with Crippen LogP contribution in [0.15, 0.2) is 18.2 Å². The molecule has 0 amide bonds. The fourth-order valence-corrected chi connectivity index (χ4v) is 1.95. The van der Waals surface area contributed by atoms with Crippen LogP contribution in [0.1, 0.15) is 17.2 Å². The first-order chi connectivity index (χ1) is 7.39. The largest absolute Gasteiger partial charge is 0.418 e. The summed E-state index contributed by atoms with van der Waals surface area (Å²) in [5, 5.41) is 9.12. The van der Waals surface area contributed by atoms with Crippen LogP contribution < -0.4 is 4.90 Å².